The minimum absolute atomic E-state index is 0.216. The van der Waals surface area contributed by atoms with Gasteiger partial charge in [-0.1, -0.05) is 12.1 Å². The quantitative estimate of drug-likeness (QED) is 0.533. The molecule has 0 bridgehead atoms. The molecule has 1 aromatic heterocycles. The number of anilines is 1. The summed E-state index contributed by atoms with van der Waals surface area (Å²) in [7, 11) is 1.59. The average Bonchev–Trinajstić information content (AvgIpc) is 2.62. The number of H-pyrrole nitrogens is 1. The Kier molecular flexibility index (Phi) is 4.94. The minimum Gasteiger partial charge on any atom is -0.493 e. The van der Waals surface area contributed by atoms with Crippen molar-refractivity contribution in [3.63, 3.8) is 0 Å². The molecule has 0 unspecified atom stereocenters. The van der Waals surface area contributed by atoms with E-state index in [-0.39, 0.29) is 11.5 Å². The van der Waals surface area contributed by atoms with Crippen molar-refractivity contribution in [2.24, 2.45) is 5.10 Å². The lowest BCUT2D eigenvalue weighted by molar-refractivity contribution is 0.311. The van der Waals surface area contributed by atoms with Crippen LogP contribution in [-0.2, 0) is 0 Å². The summed E-state index contributed by atoms with van der Waals surface area (Å²) in [6.07, 6.45) is 1.61. The van der Waals surface area contributed by atoms with Crippen LogP contribution >= 0.6 is 0 Å². The van der Waals surface area contributed by atoms with Gasteiger partial charge in [0.2, 0.25) is 5.95 Å². The smallest absolute Gasteiger partial charge is 0.260 e. The second-order valence-electron chi connectivity index (χ2n) is 5.14. The first-order valence-corrected chi connectivity index (χ1v) is 7.80. The van der Waals surface area contributed by atoms with Gasteiger partial charge < -0.3 is 9.47 Å². The third kappa shape index (κ3) is 3.77. The number of aromatic nitrogens is 2. The zero-order chi connectivity index (χ0) is 17.6. The molecule has 0 saturated carbocycles. The second kappa shape index (κ2) is 7.48. The van der Waals surface area contributed by atoms with Crippen molar-refractivity contribution in [1.29, 1.82) is 0 Å². The Labute approximate surface area is 144 Å². The van der Waals surface area contributed by atoms with Gasteiger partial charge in [0.25, 0.3) is 5.56 Å². The molecule has 0 radical (unpaired) electrons. The fourth-order valence-corrected chi connectivity index (χ4v) is 2.35. The van der Waals surface area contributed by atoms with Crippen LogP contribution in [0.25, 0.3) is 10.9 Å². The van der Waals surface area contributed by atoms with Gasteiger partial charge in [-0.3, -0.25) is 9.78 Å². The second-order valence-corrected chi connectivity index (χ2v) is 5.14. The Bertz CT molecular complexity index is 966. The Hall–Kier alpha value is -3.35. The SMILES string of the molecule is CCOc1cc(/C=N\Nc2nc3ccccc3c(=O)[nH]2)ccc1OC. The molecule has 2 N–H and O–H groups in total. The van der Waals surface area contributed by atoms with E-state index < -0.39 is 0 Å². The van der Waals surface area contributed by atoms with Crippen LogP contribution in [0.2, 0.25) is 0 Å². The molecule has 0 spiro atoms. The number of hydrogen-bond acceptors (Lipinski definition) is 6. The number of para-hydroxylation sites is 1. The third-order valence-corrected chi connectivity index (χ3v) is 3.48. The van der Waals surface area contributed by atoms with Crippen molar-refractivity contribution in [3.8, 4) is 11.5 Å². The summed E-state index contributed by atoms with van der Waals surface area (Å²) in [6.45, 7) is 2.45. The standard InChI is InChI=1S/C18H18N4O3/c1-3-25-16-10-12(8-9-15(16)24-2)11-19-22-18-20-14-7-5-4-6-13(14)17(23)21-18/h4-11H,3H2,1-2H3,(H2,20,21,22,23)/b19-11-. The highest BCUT2D eigenvalue weighted by Gasteiger charge is 2.04. The summed E-state index contributed by atoms with van der Waals surface area (Å²) in [5.74, 6) is 1.58. The molecule has 7 nitrogen and oxygen atoms in total. The fourth-order valence-electron chi connectivity index (χ4n) is 2.35. The lowest BCUT2D eigenvalue weighted by atomic mass is 10.2. The van der Waals surface area contributed by atoms with Crippen LogP contribution < -0.4 is 20.5 Å². The first kappa shape index (κ1) is 16.5. The van der Waals surface area contributed by atoms with E-state index in [1.54, 1.807) is 31.5 Å². The predicted molar refractivity (Wildman–Crippen MR) is 97.7 cm³/mol. The molecule has 0 aliphatic rings. The third-order valence-electron chi connectivity index (χ3n) is 3.48. The van der Waals surface area contributed by atoms with Crippen molar-refractivity contribution < 1.29 is 9.47 Å². The van der Waals surface area contributed by atoms with Crippen LogP contribution in [0.4, 0.5) is 5.95 Å². The van der Waals surface area contributed by atoms with Gasteiger partial charge in [-0.05, 0) is 42.8 Å². The van der Waals surface area contributed by atoms with Crippen molar-refractivity contribution in [3.05, 3.63) is 58.4 Å². The molecule has 0 fully saturated rings. The molecular weight excluding hydrogens is 320 g/mol. The molecule has 0 aliphatic carbocycles. The molecule has 0 atom stereocenters. The van der Waals surface area contributed by atoms with Gasteiger partial charge in [-0.25, -0.2) is 10.4 Å². The number of nitrogens with one attached hydrogen (secondary N) is 2. The molecule has 2 aromatic carbocycles. The van der Waals surface area contributed by atoms with E-state index in [4.69, 9.17) is 9.47 Å². The molecule has 3 aromatic rings. The normalized spacial score (nSPS) is 11.0. The zero-order valence-electron chi connectivity index (χ0n) is 13.9. The van der Waals surface area contributed by atoms with Crippen LogP contribution in [0.1, 0.15) is 12.5 Å². The molecule has 3 rings (SSSR count). The Morgan fingerprint density at radius 2 is 2.08 bits per heavy atom. The maximum absolute atomic E-state index is 12.0. The lowest BCUT2D eigenvalue weighted by Gasteiger charge is -2.09. The summed E-state index contributed by atoms with van der Waals surface area (Å²) in [5, 5.41) is 4.65. The fraction of sp³-hybridized carbons (Fsp3) is 0.167. The van der Waals surface area contributed by atoms with Crippen LogP contribution in [0.5, 0.6) is 11.5 Å². The molecule has 128 valence electrons. The topological polar surface area (TPSA) is 88.6 Å². The minimum atomic E-state index is -0.216. The van der Waals surface area contributed by atoms with Crippen LogP contribution in [0.15, 0.2) is 52.4 Å². The van der Waals surface area contributed by atoms with Gasteiger partial charge in [-0.15, -0.1) is 0 Å². The van der Waals surface area contributed by atoms with E-state index in [0.717, 1.165) is 5.56 Å². The maximum Gasteiger partial charge on any atom is 0.260 e. The van der Waals surface area contributed by atoms with Gasteiger partial charge in [0.15, 0.2) is 11.5 Å². The average molecular weight is 338 g/mol. The molecule has 0 aliphatic heterocycles. The van der Waals surface area contributed by atoms with E-state index in [1.807, 2.05) is 31.2 Å². The van der Waals surface area contributed by atoms with E-state index >= 15 is 0 Å². The van der Waals surface area contributed by atoms with Gasteiger partial charge >= 0.3 is 0 Å². The monoisotopic (exact) mass is 338 g/mol. The van der Waals surface area contributed by atoms with E-state index in [9.17, 15) is 4.79 Å². The number of rotatable bonds is 6. The number of ether oxygens (including phenoxy) is 2. The molecule has 0 saturated heterocycles. The Morgan fingerprint density at radius 3 is 2.88 bits per heavy atom. The number of hydrogen-bond donors (Lipinski definition) is 2. The Balaban J connectivity index is 1.79. The number of hydrazone groups is 1. The number of methoxy groups -OCH3 is 1. The summed E-state index contributed by atoms with van der Waals surface area (Å²) >= 11 is 0. The summed E-state index contributed by atoms with van der Waals surface area (Å²) in [5.41, 5.74) is 3.94. The molecule has 1 heterocycles. The maximum atomic E-state index is 12.0. The molecule has 7 heteroatoms. The van der Waals surface area contributed by atoms with E-state index in [1.165, 1.54) is 0 Å². The first-order chi connectivity index (χ1) is 12.2. The number of fused-ring (bicyclic) bond motifs is 1. The highest BCUT2D eigenvalue weighted by atomic mass is 16.5. The molecule has 0 amide bonds. The number of nitrogens with zero attached hydrogens (tertiary/aromatic N) is 2. The molecular formula is C18H18N4O3. The highest BCUT2D eigenvalue weighted by molar-refractivity contribution is 5.82. The van der Waals surface area contributed by atoms with Gasteiger partial charge in [0.05, 0.1) is 30.8 Å². The van der Waals surface area contributed by atoms with E-state index in [0.29, 0.717) is 29.0 Å². The highest BCUT2D eigenvalue weighted by Crippen LogP contribution is 2.27. The summed E-state index contributed by atoms with van der Waals surface area (Å²) < 4.78 is 10.8. The van der Waals surface area contributed by atoms with Crippen LogP contribution in [0.3, 0.4) is 0 Å². The van der Waals surface area contributed by atoms with Gasteiger partial charge in [0.1, 0.15) is 0 Å². The molecule has 25 heavy (non-hydrogen) atoms. The number of benzene rings is 2. The van der Waals surface area contributed by atoms with Crippen molar-refractivity contribution >= 4 is 23.1 Å². The van der Waals surface area contributed by atoms with Gasteiger partial charge in [-0.2, -0.15) is 5.10 Å². The predicted octanol–water partition coefficient (Wildman–Crippen LogP) is 2.78. The summed E-state index contributed by atoms with van der Waals surface area (Å²) in [4.78, 5) is 19.0. The Morgan fingerprint density at radius 1 is 1.24 bits per heavy atom. The van der Waals surface area contributed by atoms with Gasteiger partial charge in [0, 0.05) is 0 Å². The van der Waals surface area contributed by atoms with Crippen molar-refractivity contribution in [2.75, 3.05) is 19.1 Å². The zero-order valence-corrected chi connectivity index (χ0v) is 13.9. The van der Waals surface area contributed by atoms with Crippen LogP contribution in [0, 0.1) is 0 Å². The number of aromatic amines is 1. The van der Waals surface area contributed by atoms with Crippen LogP contribution in [-0.4, -0.2) is 29.9 Å². The van der Waals surface area contributed by atoms with Crippen molar-refractivity contribution in [2.45, 2.75) is 6.92 Å². The lowest BCUT2D eigenvalue weighted by Crippen LogP contribution is -2.10. The van der Waals surface area contributed by atoms with E-state index in [2.05, 4.69) is 20.5 Å². The first-order valence-electron chi connectivity index (χ1n) is 7.80. The van der Waals surface area contributed by atoms with Crippen molar-refractivity contribution in [1.82, 2.24) is 9.97 Å². The largest absolute Gasteiger partial charge is 0.493 e. The summed E-state index contributed by atoms with van der Waals surface area (Å²) in [6, 6.07) is 12.6.